The van der Waals surface area contributed by atoms with Gasteiger partial charge in [0, 0.05) is 0 Å². The van der Waals surface area contributed by atoms with E-state index in [0.717, 1.165) is 31.1 Å². The van der Waals surface area contributed by atoms with Gasteiger partial charge in [-0.25, -0.2) is 0 Å². The molecule has 3 nitrogen and oxygen atoms in total. The Morgan fingerprint density at radius 2 is 2.46 bits per heavy atom. The van der Waals surface area contributed by atoms with Crippen molar-refractivity contribution in [3.05, 3.63) is 11.8 Å². The summed E-state index contributed by atoms with van der Waals surface area (Å²) in [6.07, 6.45) is 5.93. The van der Waals surface area contributed by atoms with E-state index in [2.05, 4.69) is 0 Å². The fourth-order valence-electron chi connectivity index (χ4n) is 1.84. The molecule has 0 radical (unpaired) electrons. The third-order valence-electron chi connectivity index (χ3n) is 2.60. The van der Waals surface area contributed by atoms with Crippen LogP contribution >= 0.6 is 0 Å². The Morgan fingerprint density at radius 1 is 1.69 bits per heavy atom. The average molecular weight is 184 g/mol. The van der Waals surface area contributed by atoms with Crippen molar-refractivity contribution in [2.24, 2.45) is 5.41 Å². The van der Waals surface area contributed by atoms with Crippen LogP contribution in [-0.2, 0) is 9.53 Å². The zero-order valence-electron chi connectivity index (χ0n) is 7.95. The molecule has 0 amide bonds. The highest BCUT2D eigenvalue weighted by Gasteiger charge is 2.33. The average Bonchev–Trinajstić information content (AvgIpc) is 2.19. The monoisotopic (exact) mass is 184 g/mol. The summed E-state index contributed by atoms with van der Waals surface area (Å²) in [5.74, 6) is 0. The molecule has 13 heavy (non-hydrogen) atoms. The lowest BCUT2D eigenvalue weighted by Crippen LogP contribution is -2.30. The standard InChI is InChI=1S/C10H16O3/c1-13-6-9-3-2-4-10(5-9,7-11)8-12/h6-7,12H,2-5,8H2,1H3/b9-6+. The van der Waals surface area contributed by atoms with Gasteiger partial charge in [0.15, 0.2) is 0 Å². The zero-order valence-corrected chi connectivity index (χ0v) is 7.95. The van der Waals surface area contributed by atoms with Crippen molar-refractivity contribution in [1.29, 1.82) is 0 Å². The van der Waals surface area contributed by atoms with Crippen LogP contribution in [0, 0.1) is 5.41 Å². The number of carbonyl (C=O) groups is 1. The SMILES string of the molecule is CO/C=C1\CCCC(C=O)(CO)C1. The molecule has 0 bridgehead atoms. The molecule has 0 aromatic heterocycles. The van der Waals surface area contributed by atoms with Gasteiger partial charge in [-0.2, -0.15) is 0 Å². The highest BCUT2D eigenvalue weighted by atomic mass is 16.5. The molecule has 0 aliphatic heterocycles. The van der Waals surface area contributed by atoms with Gasteiger partial charge in [-0.15, -0.1) is 0 Å². The second-order valence-corrected chi connectivity index (χ2v) is 3.68. The fourth-order valence-corrected chi connectivity index (χ4v) is 1.84. The van der Waals surface area contributed by atoms with Crippen LogP contribution in [0.4, 0.5) is 0 Å². The maximum absolute atomic E-state index is 10.8. The van der Waals surface area contributed by atoms with Crippen LogP contribution in [-0.4, -0.2) is 25.1 Å². The quantitative estimate of drug-likeness (QED) is 0.530. The molecule has 1 aliphatic carbocycles. The molecule has 0 aromatic carbocycles. The molecule has 1 unspecified atom stereocenters. The first-order valence-corrected chi connectivity index (χ1v) is 4.54. The summed E-state index contributed by atoms with van der Waals surface area (Å²) in [4.78, 5) is 10.8. The van der Waals surface area contributed by atoms with Gasteiger partial charge in [0.05, 0.1) is 25.4 Å². The summed E-state index contributed by atoms with van der Waals surface area (Å²) in [6, 6.07) is 0. The van der Waals surface area contributed by atoms with E-state index < -0.39 is 5.41 Å². The third kappa shape index (κ3) is 2.31. The van der Waals surface area contributed by atoms with Crippen molar-refractivity contribution in [3.63, 3.8) is 0 Å². The number of aliphatic hydroxyl groups is 1. The third-order valence-corrected chi connectivity index (χ3v) is 2.60. The van der Waals surface area contributed by atoms with Crippen molar-refractivity contribution < 1.29 is 14.6 Å². The summed E-state index contributed by atoms with van der Waals surface area (Å²) < 4.78 is 4.90. The number of aliphatic hydroxyl groups excluding tert-OH is 1. The summed E-state index contributed by atoms with van der Waals surface area (Å²) >= 11 is 0. The molecule has 0 spiro atoms. The van der Waals surface area contributed by atoms with Crippen molar-refractivity contribution in [2.45, 2.75) is 25.7 Å². The van der Waals surface area contributed by atoms with Gasteiger partial charge in [-0.3, -0.25) is 0 Å². The molecule has 74 valence electrons. The van der Waals surface area contributed by atoms with E-state index in [1.165, 1.54) is 0 Å². The van der Waals surface area contributed by atoms with Gasteiger partial charge in [0.25, 0.3) is 0 Å². The number of rotatable bonds is 3. The van der Waals surface area contributed by atoms with E-state index in [9.17, 15) is 4.79 Å². The van der Waals surface area contributed by atoms with Gasteiger partial charge >= 0.3 is 0 Å². The predicted molar refractivity (Wildman–Crippen MR) is 49.1 cm³/mol. The topological polar surface area (TPSA) is 46.5 Å². The second kappa shape index (κ2) is 4.42. The van der Waals surface area contributed by atoms with Gasteiger partial charge < -0.3 is 14.6 Å². The molecule has 0 heterocycles. The first-order valence-electron chi connectivity index (χ1n) is 4.54. The van der Waals surface area contributed by atoms with Crippen molar-refractivity contribution in [3.8, 4) is 0 Å². The molecule has 1 fully saturated rings. The van der Waals surface area contributed by atoms with E-state index in [0.29, 0.717) is 6.42 Å². The van der Waals surface area contributed by atoms with E-state index in [1.807, 2.05) is 0 Å². The van der Waals surface area contributed by atoms with Gasteiger partial charge in [-0.05, 0) is 31.3 Å². The van der Waals surface area contributed by atoms with E-state index in [1.54, 1.807) is 13.4 Å². The molecule has 1 atom stereocenters. The molecule has 0 aromatic rings. The van der Waals surface area contributed by atoms with Crippen LogP contribution in [0.15, 0.2) is 11.8 Å². The molecule has 1 saturated carbocycles. The Hall–Kier alpha value is -0.830. The molecule has 1 aliphatic rings. The fraction of sp³-hybridized carbons (Fsp3) is 0.700. The molecular weight excluding hydrogens is 168 g/mol. The smallest absolute Gasteiger partial charge is 0.128 e. The summed E-state index contributed by atoms with van der Waals surface area (Å²) in [5.41, 5.74) is 0.581. The largest absolute Gasteiger partial charge is 0.504 e. The number of hydrogen-bond acceptors (Lipinski definition) is 3. The number of methoxy groups -OCH3 is 1. The maximum atomic E-state index is 10.8. The minimum Gasteiger partial charge on any atom is -0.504 e. The number of aldehydes is 1. The molecule has 3 heteroatoms. The first-order chi connectivity index (χ1) is 6.26. The van der Waals surface area contributed by atoms with Crippen molar-refractivity contribution in [1.82, 2.24) is 0 Å². The minimum atomic E-state index is -0.539. The highest BCUT2D eigenvalue weighted by molar-refractivity contribution is 5.60. The van der Waals surface area contributed by atoms with Crippen LogP contribution in [0.1, 0.15) is 25.7 Å². The Kier molecular flexibility index (Phi) is 3.48. The second-order valence-electron chi connectivity index (χ2n) is 3.68. The van der Waals surface area contributed by atoms with E-state index >= 15 is 0 Å². The molecule has 1 rings (SSSR count). The highest BCUT2D eigenvalue weighted by Crippen LogP contribution is 2.36. The molecule has 1 N–H and O–H groups in total. The molecular formula is C10H16O3. The van der Waals surface area contributed by atoms with E-state index in [-0.39, 0.29) is 6.61 Å². The maximum Gasteiger partial charge on any atom is 0.128 e. The first kappa shape index (κ1) is 10.3. The number of carbonyl (C=O) groups excluding carboxylic acids is 1. The predicted octanol–water partition coefficient (Wildman–Crippen LogP) is 1.27. The Morgan fingerprint density at radius 3 is 3.00 bits per heavy atom. The summed E-state index contributed by atoms with van der Waals surface area (Å²) in [6.45, 7) is -0.0580. The zero-order chi connectivity index (χ0) is 9.73. The number of allylic oxidation sites excluding steroid dienone is 1. The Bertz CT molecular complexity index is 210. The van der Waals surface area contributed by atoms with E-state index in [4.69, 9.17) is 9.84 Å². The van der Waals surface area contributed by atoms with Gasteiger partial charge in [-0.1, -0.05) is 0 Å². The van der Waals surface area contributed by atoms with Crippen LogP contribution in [0.5, 0.6) is 0 Å². The van der Waals surface area contributed by atoms with Gasteiger partial charge in [0.1, 0.15) is 6.29 Å². The lowest BCUT2D eigenvalue weighted by molar-refractivity contribution is -0.119. The molecule has 0 saturated heterocycles. The van der Waals surface area contributed by atoms with Crippen LogP contribution < -0.4 is 0 Å². The lowest BCUT2D eigenvalue weighted by atomic mass is 9.74. The minimum absolute atomic E-state index is 0.0580. The number of hydrogen-bond donors (Lipinski definition) is 1. The Labute approximate surface area is 78.4 Å². The van der Waals surface area contributed by atoms with Crippen LogP contribution in [0.3, 0.4) is 0 Å². The van der Waals surface area contributed by atoms with Crippen LogP contribution in [0.25, 0.3) is 0 Å². The Balaban J connectivity index is 2.69. The normalized spacial score (nSPS) is 31.7. The van der Waals surface area contributed by atoms with Crippen molar-refractivity contribution >= 4 is 6.29 Å². The lowest BCUT2D eigenvalue weighted by Gasteiger charge is -2.31. The summed E-state index contributed by atoms with van der Waals surface area (Å²) in [7, 11) is 1.60. The van der Waals surface area contributed by atoms with Crippen LogP contribution in [0.2, 0.25) is 0 Å². The summed E-state index contributed by atoms with van der Waals surface area (Å²) in [5, 5.41) is 9.13. The number of ether oxygens (including phenoxy) is 1. The van der Waals surface area contributed by atoms with Crippen molar-refractivity contribution in [2.75, 3.05) is 13.7 Å². The van der Waals surface area contributed by atoms with Gasteiger partial charge in [0.2, 0.25) is 0 Å².